The SMILES string of the molecule is O=C1NC(=O)N(c2ccc(C34CC5CC(CC(C5)C3)C4)cc2)C(=O)/C1=C/c1cc(Cl)c(OCc2ccc(I)cc2)c(Cl)c1. The number of imide groups is 2. The Hall–Kier alpha value is -2.88. The minimum Gasteiger partial charge on any atom is -0.486 e. The largest absolute Gasteiger partial charge is 0.486 e. The van der Waals surface area contributed by atoms with Crippen LogP contribution in [0.4, 0.5) is 10.5 Å². The molecule has 0 radical (unpaired) electrons. The molecule has 0 unspecified atom stereocenters. The van der Waals surface area contributed by atoms with Crippen LogP contribution in [-0.2, 0) is 21.6 Å². The van der Waals surface area contributed by atoms with E-state index in [1.54, 1.807) is 12.1 Å². The number of halogens is 3. The Morgan fingerprint density at radius 1 is 0.884 bits per heavy atom. The molecule has 1 N–H and O–H groups in total. The van der Waals surface area contributed by atoms with Gasteiger partial charge in [-0.05, 0) is 143 Å². The zero-order valence-electron chi connectivity index (χ0n) is 23.2. The highest BCUT2D eigenvalue weighted by Gasteiger charge is 2.51. The molecule has 5 fully saturated rings. The van der Waals surface area contributed by atoms with Gasteiger partial charge < -0.3 is 4.74 Å². The number of amides is 4. The molecule has 5 aliphatic rings. The molecule has 1 heterocycles. The highest BCUT2D eigenvalue weighted by molar-refractivity contribution is 14.1. The van der Waals surface area contributed by atoms with Gasteiger partial charge in [-0.25, -0.2) is 9.69 Å². The van der Waals surface area contributed by atoms with Crippen LogP contribution >= 0.6 is 45.8 Å². The third-order valence-corrected chi connectivity index (χ3v) is 10.8. The Morgan fingerprint density at radius 3 is 2.05 bits per heavy atom. The van der Waals surface area contributed by atoms with Gasteiger partial charge in [-0.1, -0.05) is 47.5 Å². The lowest BCUT2D eigenvalue weighted by molar-refractivity contribution is -0.122. The van der Waals surface area contributed by atoms with Crippen molar-refractivity contribution in [2.45, 2.75) is 50.5 Å². The summed E-state index contributed by atoms with van der Waals surface area (Å²) in [7, 11) is 0. The summed E-state index contributed by atoms with van der Waals surface area (Å²) in [5.74, 6) is 1.27. The maximum absolute atomic E-state index is 13.6. The zero-order valence-corrected chi connectivity index (χ0v) is 26.9. The number of hydrogen-bond donors (Lipinski definition) is 1. The van der Waals surface area contributed by atoms with Crippen LogP contribution in [0.1, 0.15) is 55.2 Å². The maximum Gasteiger partial charge on any atom is 0.335 e. The highest BCUT2D eigenvalue weighted by Crippen LogP contribution is 2.60. The number of anilines is 1. The van der Waals surface area contributed by atoms with Crippen molar-refractivity contribution in [2.24, 2.45) is 17.8 Å². The van der Waals surface area contributed by atoms with Crippen LogP contribution in [0, 0.1) is 21.3 Å². The summed E-state index contributed by atoms with van der Waals surface area (Å²) < 4.78 is 6.99. The molecule has 1 saturated heterocycles. The summed E-state index contributed by atoms with van der Waals surface area (Å²) in [5.41, 5.74) is 3.12. The van der Waals surface area contributed by atoms with Crippen LogP contribution in [-0.4, -0.2) is 17.8 Å². The monoisotopic (exact) mass is 726 g/mol. The summed E-state index contributed by atoms with van der Waals surface area (Å²) in [4.78, 5) is 40.2. The van der Waals surface area contributed by atoms with Gasteiger partial charge >= 0.3 is 6.03 Å². The van der Waals surface area contributed by atoms with Crippen LogP contribution in [0.25, 0.3) is 6.08 Å². The minimum atomic E-state index is -0.775. The molecule has 0 aromatic heterocycles. The van der Waals surface area contributed by atoms with Crippen LogP contribution in [0.2, 0.25) is 10.0 Å². The van der Waals surface area contributed by atoms with Crippen LogP contribution in [0.3, 0.4) is 0 Å². The topological polar surface area (TPSA) is 75.7 Å². The Kier molecular flexibility index (Phi) is 7.54. The zero-order chi connectivity index (χ0) is 29.9. The molecule has 0 spiro atoms. The van der Waals surface area contributed by atoms with Crippen molar-refractivity contribution < 1.29 is 19.1 Å². The van der Waals surface area contributed by atoms with E-state index in [0.717, 1.165) is 31.8 Å². The highest BCUT2D eigenvalue weighted by atomic mass is 127. The molecule has 4 amide bonds. The van der Waals surface area contributed by atoms with Gasteiger partial charge in [0.1, 0.15) is 12.2 Å². The van der Waals surface area contributed by atoms with Crippen LogP contribution in [0.5, 0.6) is 5.75 Å². The second kappa shape index (κ2) is 11.2. The number of carbonyl (C=O) groups excluding carboxylic acids is 3. The molecule has 4 aliphatic carbocycles. The fourth-order valence-corrected chi connectivity index (χ4v) is 9.00. The van der Waals surface area contributed by atoms with Gasteiger partial charge in [-0.2, -0.15) is 0 Å². The first-order valence-corrected chi connectivity index (χ1v) is 16.4. The van der Waals surface area contributed by atoms with Crippen molar-refractivity contribution in [3.8, 4) is 5.75 Å². The average Bonchev–Trinajstić information content (AvgIpc) is 2.95. The average molecular weight is 727 g/mol. The summed E-state index contributed by atoms with van der Waals surface area (Å²) >= 11 is 15.2. The number of rotatable bonds is 6. The van der Waals surface area contributed by atoms with E-state index in [-0.39, 0.29) is 27.6 Å². The number of nitrogens with one attached hydrogen (secondary N) is 1. The van der Waals surface area contributed by atoms with E-state index in [0.29, 0.717) is 17.0 Å². The summed E-state index contributed by atoms with van der Waals surface area (Å²) in [5, 5.41) is 2.78. The van der Waals surface area contributed by atoms with Gasteiger partial charge in [0.2, 0.25) is 0 Å². The number of urea groups is 1. The molecule has 43 heavy (non-hydrogen) atoms. The smallest absolute Gasteiger partial charge is 0.335 e. The fraction of sp³-hybridized carbons (Fsp3) is 0.324. The van der Waals surface area contributed by atoms with E-state index in [9.17, 15) is 14.4 Å². The summed E-state index contributed by atoms with van der Waals surface area (Å²) in [6.45, 7) is 0.274. The lowest BCUT2D eigenvalue weighted by Gasteiger charge is -2.57. The predicted molar refractivity (Wildman–Crippen MR) is 175 cm³/mol. The van der Waals surface area contributed by atoms with E-state index in [1.807, 2.05) is 36.4 Å². The number of ether oxygens (including phenoxy) is 1. The van der Waals surface area contributed by atoms with E-state index < -0.39 is 17.8 Å². The first-order chi connectivity index (χ1) is 20.7. The molecule has 3 aromatic rings. The number of barbiturate groups is 1. The Bertz CT molecular complexity index is 1610. The van der Waals surface area contributed by atoms with Gasteiger partial charge in [0.05, 0.1) is 15.7 Å². The van der Waals surface area contributed by atoms with E-state index >= 15 is 0 Å². The van der Waals surface area contributed by atoms with Crippen molar-refractivity contribution in [1.29, 1.82) is 0 Å². The molecule has 6 nitrogen and oxygen atoms in total. The fourth-order valence-electron chi connectivity index (χ4n) is 8.02. The molecule has 3 aromatic carbocycles. The van der Waals surface area contributed by atoms with Gasteiger partial charge in [-0.15, -0.1) is 0 Å². The van der Waals surface area contributed by atoms with E-state index in [1.165, 1.54) is 50.2 Å². The van der Waals surface area contributed by atoms with Gasteiger partial charge in [0, 0.05) is 3.57 Å². The molecular formula is C34H29Cl2IN2O4. The molecule has 220 valence electrons. The van der Waals surface area contributed by atoms with Crippen molar-refractivity contribution in [1.82, 2.24) is 5.32 Å². The van der Waals surface area contributed by atoms with Crippen LogP contribution < -0.4 is 15.0 Å². The summed E-state index contributed by atoms with van der Waals surface area (Å²) in [6, 6.07) is 18.0. The second-order valence-corrected chi connectivity index (χ2v) is 14.5. The van der Waals surface area contributed by atoms with Crippen molar-refractivity contribution in [3.05, 3.63) is 96.5 Å². The first-order valence-electron chi connectivity index (χ1n) is 14.6. The maximum atomic E-state index is 13.6. The predicted octanol–water partition coefficient (Wildman–Crippen LogP) is 8.31. The van der Waals surface area contributed by atoms with Gasteiger partial charge in [0.15, 0.2) is 5.75 Å². The molecular weight excluding hydrogens is 698 g/mol. The molecule has 4 saturated carbocycles. The van der Waals surface area contributed by atoms with Crippen molar-refractivity contribution >= 4 is 75.4 Å². The normalized spacial score (nSPS) is 27.1. The van der Waals surface area contributed by atoms with E-state index in [4.69, 9.17) is 27.9 Å². The Labute approximate surface area is 273 Å². The first kappa shape index (κ1) is 28.9. The summed E-state index contributed by atoms with van der Waals surface area (Å²) in [6.07, 6.45) is 9.16. The van der Waals surface area contributed by atoms with Gasteiger partial charge in [0.25, 0.3) is 11.8 Å². The molecule has 9 heteroatoms. The minimum absolute atomic E-state index is 0.190. The standard InChI is InChI=1S/C34H29Cl2IN2O4/c35-28-13-20(14-29(36)30(28)43-18-19-1-5-25(37)6-2-19)12-27-31(40)38-33(42)39(32(27)41)26-7-3-24(4-8-26)34-15-21-9-22(16-34)11-23(10-21)17-34/h1-8,12-14,21-23H,9-11,15-18H2,(H,38,40,42)/b27-12+. The Balaban J connectivity index is 1.11. The Morgan fingerprint density at radius 2 is 1.47 bits per heavy atom. The molecule has 1 aliphatic heterocycles. The quantitative estimate of drug-likeness (QED) is 0.158. The lowest BCUT2D eigenvalue weighted by Crippen LogP contribution is -2.54. The lowest BCUT2D eigenvalue weighted by atomic mass is 9.48. The van der Waals surface area contributed by atoms with Crippen molar-refractivity contribution in [3.63, 3.8) is 0 Å². The third-order valence-electron chi connectivity index (χ3n) is 9.51. The van der Waals surface area contributed by atoms with E-state index in [2.05, 4.69) is 40.0 Å². The number of nitrogens with zero attached hydrogens (tertiary/aromatic N) is 1. The molecule has 8 rings (SSSR count). The number of carbonyl (C=O) groups is 3. The van der Waals surface area contributed by atoms with Crippen LogP contribution in [0.15, 0.2) is 66.2 Å². The third kappa shape index (κ3) is 5.49. The number of benzene rings is 3. The molecule has 4 bridgehead atoms. The number of hydrogen-bond acceptors (Lipinski definition) is 4. The van der Waals surface area contributed by atoms with Gasteiger partial charge in [-0.3, -0.25) is 14.9 Å². The van der Waals surface area contributed by atoms with Crippen molar-refractivity contribution in [2.75, 3.05) is 4.90 Å². The second-order valence-electron chi connectivity index (χ2n) is 12.4. The molecule has 0 atom stereocenters.